The molecule has 4 rings (SSSR count). The summed E-state index contributed by atoms with van der Waals surface area (Å²) < 4.78 is 12.2. The zero-order valence-corrected chi connectivity index (χ0v) is 20.0. The van der Waals surface area contributed by atoms with Crippen molar-refractivity contribution in [2.45, 2.75) is 26.4 Å². The van der Waals surface area contributed by atoms with E-state index < -0.39 is 0 Å². The number of hydrogen-bond donors (Lipinski definition) is 1. The zero-order chi connectivity index (χ0) is 24.8. The molecule has 0 bridgehead atoms. The number of ether oxygens (including phenoxy) is 1. The lowest BCUT2D eigenvalue weighted by Gasteiger charge is -2.34. The maximum absolute atomic E-state index is 12.8. The van der Waals surface area contributed by atoms with Crippen molar-refractivity contribution in [2.75, 3.05) is 38.6 Å². The molecule has 0 saturated carbocycles. The van der Waals surface area contributed by atoms with Gasteiger partial charge in [-0.25, -0.2) is 0 Å². The van der Waals surface area contributed by atoms with Crippen LogP contribution in [-0.4, -0.2) is 59.5 Å². The van der Waals surface area contributed by atoms with Crippen molar-refractivity contribution >= 4 is 17.5 Å². The lowest BCUT2D eigenvalue weighted by Crippen LogP contribution is -2.48. The number of carbonyl (C=O) groups excluding carboxylic acids is 2. The lowest BCUT2D eigenvalue weighted by molar-refractivity contribution is -0.116. The highest BCUT2D eigenvalue weighted by molar-refractivity contribution is 5.91. The van der Waals surface area contributed by atoms with Gasteiger partial charge in [0.05, 0.1) is 19.6 Å². The van der Waals surface area contributed by atoms with E-state index in [9.17, 15) is 14.4 Å². The number of benzene rings is 1. The Morgan fingerprint density at radius 1 is 1.09 bits per heavy atom. The summed E-state index contributed by atoms with van der Waals surface area (Å²) in [4.78, 5) is 41.7. The highest BCUT2D eigenvalue weighted by Crippen LogP contribution is 2.15. The predicted octanol–water partition coefficient (Wildman–Crippen LogP) is 2.61. The van der Waals surface area contributed by atoms with E-state index in [0.29, 0.717) is 44.2 Å². The van der Waals surface area contributed by atoms with Crippen LogP contribution in [0.15, 0.2) is 64.1 Å². The number of nitrogens with zero attached hydrogens (tertiary/aromatic N) is 3. The molecule has 1 aliphatic rings. The van der Waals surface area contributed by atoms with Gasteiger partial charge in [0.25, 0.3) is 5.91 Å². The normalized spacial score (nSPS) is 14.1. The summed E-state index contributed by atoms with van der Waals surface area (Å²) in [6.07, 6.45) is 4.00. The second-order valence-corrected chi connectivity index (χ2v) is 8.47. The number of anilines is 1. The highest BCUT2D eigenvalue weighted by atomic mass is 16.5. The molecular weight excluding hydrogens is 448 g/mol. The van der Waals surface area contributed by atoms with Crippen LogP contribution in [0.4, 0.5) is 5.69 Å². The Balaban J connectivity index is 1.42. The van der Waals surface area contributed by atoms with Gasteiger partial charge in [0.15, 0.2) is 11.5 Å². The minimum Gasteiger partial charge on any atom is -0.491 e. The molecular formula is C26H30N4O5. The summed E-state index contributed by atoms with van der Waals surface area (Å²) in [5.41, 5.74) is 2.39. The number of aryl methyl sites for hydroxylation is 1. The van der Waals surface area contributed by atoms with Crippen molar-refractivity contribution in [1.82, 2.24) is 14.4 Å². The number of nitrogens with one attached hydrogen (secondary N) is 1. The first-order valence-electron chi connectivity index (χ1n) is 11.7. The third-order valence-corrected chi connectivity index (χ3v) is 6.14. The molecule has 184 valence electrons. The van der Waals surface area contributed by atoms with E-state index >= 15 is 0 Å². The Bertz CT molecular complexity index is 1210. The molecule has 1 N–H and O–H groups in total. The molecule has 1 aliphatic heterocycles. The maximum Gasteiger partial charge on any atom is 0.289 e. The summed E-state index contributed by atoms with van der Waals surface area (Å²) in [6.45, 7) is 4.97. The smallest absolute Gasteiger partial charge is 0.289 e. The van der Waals surface area contributed by atoms with Crippen molar-refractivity contribution < 1.29 is 18.7 Å². The van der Waals surface area contributed by atoms with Gasteiger partial charge in [-0.15, -0.1) is 0 Å². The molecule has 1 aromatic carbocycles. The van der Waals surface area contributed by atoms with Crippen molar-refractivity contribution in [2.24, 2.45) is 0 Å². The summed E-state index contributed by atoms with van der Waals surface area (Å²) in [7, 11) is 1.44. The van der Waals surface area contributed by atoms with Gasteiger partial charge in [0.2, 0.25) is 11.3 Å². The lowest BCUT2D eigenvalue weighted by atomic mass is 10.1. The number of furan rings is 1. The molecule has 3 aromatic rings. The van der Waals surface area contributed by atoms with Crippen LogP contribution in [0, 0.1) is 0 Å². The summed E-state index contributed by atoms with van der Waals surface area (Å²) in [5, 5.41) is 2.91. The van der Waals surface area contributed by atoms with E-state index in [1.165, 1.54) is 25.0 Å². The third kappa shape index (κ3) is 5.99. The second-order valence-electron chi connectivity index (χ2n) is 8.47. The van der Waals surface area contributed by atoms with Crippen molar-refractivity contribution in [3.8, 4) is 5.75 Å². The number of methoxy groups -OCH3 is 1. The standard InChI is InChI=1S/C26H30N4O5/c1-3-19-6-8-20(9-7-19)27-25(32)18-30-17-24(34-2)22(31)15-21(30)16-28-10-12-29(13-11-28)26(33)23-5-4-14-35-23/h4-9,14-15,17H,3,10-13,16,18H2,1-2H3,(H,27,32). The second kappa shape index (κ2) is 11.1. The van der Waals surface area contributed by atoms with Crippen LogP contribution in [0.2, 0.25) is 0 Å². The zero-order valence-electron chi connectivity index (χ0n) is 20.0. The van der Waals surface area contributed by atoms with E-state index in [0.717, 1.165) is 12.1 Å². The fourth-order valence-electron chi connectivity index (χ4n) is 4.10. The molecule has 1 fully saturated rings. The molecule has 35 heavy (non-hydrogen) atoms. The molecule has 2 aromatic heterocycles. The van der Waals surface area contributed by atoms with Crippen molar-refractivity contribution in [3.63, 3.8) is 0 Å². The van der Waals surface area contributed by atoms with E-state index in [4.69, 9.17) is 9.15 Å². The molecule has 0 unspecified atom stereocenters. The van der Waals surface area contributed by atoms with Crippen LogP contribution in [0.3, 0.4) is 0 Å². The van der Waals surface area contributed by atoms with E-state index in [-0.39, 0.29) is 29.5 Å². The molecule has 0 aliphatic carbocycles. The van der Waals surface area contributed by atoms with Gasteiger partial charge in [-0.05, 0) is 36.2 Å². The molecule has 0 spiro atoms. The van der Waals surface area contributed by atoms with Gasteiger partial charge in [-0.3, -0.25) is 19.3 Å². The van der Waals surface area contributed by atoms with Crippen molar-refractivity contribution in [3.05, 3.63) is 82.2 Å². The van der Waals surface area contributed by atoms with E-state index in [2.05, 4.69) is 17.1 Å². The van der Waals surface area contributed by atoms with Crippen LogP contribution >= 0.6 is 0 Å². The Labute approximate surface area is 203 Å². The van der Waals surface area contributed by atoms with Gasteiger partial charge in [0.1, 0.15) is 6.54 Å². The van der Waals surface area contributed by atoms with E-state index in [1.807, 2.05) is 24.3 Å². The Kier molecular flexibility index (Phi) is 7.67. The first-order chi connectivity index (χ1) is 17.0. The summed E-state index contributed by atoms with van der Waals surface area (Å²) >= 11 is 0. The first kappa shape index (κ1) is 24.3. The molecule has 0 atom stereocenters. The molecule has 0 radical (unpaired) electrons. The third-order valence-electron chi connectivity index (χ3n) is 6.14. The predicted molar refractivity (Wildman–Crippen MR) is 132 cm³/mol. The van der Waals surface area contributed by atoms with Crippen LogP contribution < -0.4 is 15.5 Å². The number of pyridine rings is 1. The van der Waals surface area contributed by atoms with Crippen LogP contribution in [-0.2, 0) is 24.3 Å². The quantitative estimate of drug-likeness (QED) is 0.535. The van der Waals surface area contributed by atoms with Gasteiger partial charge >= 0.3 is 0 Å². The number of amides is 2. The van der Waals surface area contributed by atoms with Gasteiger partial charge in [-0.2, -0.15) is 0 Å². The monoisotopic (exact) mass is 478 g/mol. The fourth-order valence-corrected chi connectivity index (χ4v) is 4.10. The minimum atomic E-state index is -0.235. The molecule has 9 heteroatoms. The fraction of sp³-hybridized carbons (Fsp3) is 0.346. The number of aromatic nitrogens is 1. The average molecular weight is 479 g/mol. The van der Waals surface area contributed by atoms with E-state index in [1.54, 1.807) is 27.8 Å². The van der Waals surface area contributed by atoms with Gasteiger partial charge in [-0.1, -0.05) is 19.1 Å². The first-order valence-corrected chi connectivity index (χ1v) is 11.7. The largest absolute Gasteiger partial charge is 0.491 e. The Morgan fingerprint density at radius 2 is 1.83 bits per heavy atom. The van der Waals surface area contributed by atoms with Gasteiger partial charge < -0.3 is 23.9 Å². The van der Waals surface area contributed by atoms with Crippen molar-refractivity contribution in [1.29, 1.82) is 0 Å². The average Bonchev–Trinajstić information content (AvgIpc) is 3.41. The molecule has 3 heterocycles. The summed E-state index contributed by atoms with van der Waals surface area (Å²) in [6, 6.07) is 12.6. The summed E-state index contributed by atoms with van der Waals surface area (Å²) in [5.74, 6) is 0.190. The van der Waals surface area contributed by atoms with Crippen LogP contribution in [0.1, 0.15) is 28.7 Å². The highest BCUT2D eigenvalue weighted by Gasteiger charge is 2.24. The van der Waals surface area contributed by atoms with Gasteiger partial charge in [0, 0.05) is 50.2 Å². The minimum absolute atomic E-state index is 0.0401. The molecule has 2 amide bonds. The number of hydrogen-bond acceptors (Lipinski definition) is 6. The SMILES string of the molecule is CCc1ccc(NC(=O)Cn2cc(OC)c(=O)cc2CN2CCN(C(=O)c3ccco3)CC2)cc1. The Hall–Kier alpha value is -3.85. The molecule has 1 saturated heterocycles. The van der Waals surface area contributed by atoms with Crippen LogP contribution in [0.5, 0.6) is 5.75 Å². The molecule has 9 nitrogen and oxygen atoms in total. The maximum atomic E-state index is 12.8. The number of piperazine rings is 1. The van der Waals surface area contributed by atoms with Crippen LogP contribution in [0.25, 0.3) is 0 Å². The topological polar surface area (TPSA) is 97.0 Å². The Morgan fingerprint density at radius 3 is 2.46 bits per heavy atom. The number of carbonyl (C=O) groups is 2. The number of rotatable bonds is 8.